The lowest BCUT2D eigenvalue weighted by Gasteiger charge is -2.31. The van der Waals surface area contributed by atoms with Crippen LogP contribution in [-0.4, -0.2) is 46.9 Å². The minimum atomic E-state index is -3.94. The van der Waals surface area contributed by atoms with Gasteiger partial charge in [0.05, 0.1) is 11.8 Å². The third-order valence-corrected chi connectivity index (χ3v) is 4.48. The Balaban J connectivity index is 2.29. The van der Waals surface area contributed by atoms with Gasteiger partial charge in [-0.25, -0.2) is 17.9 Å². The highest BCUT2D eigenvalue weighted by Gasteiger charge is 2.35. The first-order valence-corrected chi connectivity index (χ1v) is 6.78. The highest BCUT2D eigenvalue weighted by Crippen LogP contribution is 2.24. The van der Waals surface area contributed by atoms with Gasteiger partial charge in [-0.15, -0.1) is 0 Å². The topological polar surface area (TPSA) is 132 Å². The van der Waals surface area contributed by atoms with E-state index in [0.29, 0.717) is 12.8 Å². The summed E-state index contributed by atoms with van der Waals surface area (Å²) >= 11 is 0. The van der Waals surface area contributed by atoms with Gasteiger partial charge >= 0.3 is 5.97 Å². The molecule has 1 saturated carbocycles. The van der Waals surface area contributed by atoms with Gasteiger partial charge in [-0.3, -0.25) is 5.10 Å². The van der Waals surface area contributed by atoms with E-state index in [9.17, 15) is 13.2 Å². The van der Waals surface area contributed by atoms with Crippen molar-refractivity contribution in [2.45, 2.75) is 36.8 Å². The Kier molecular flexibility index (Phi) is 3.13. The van der Waals surface area contributed by atoms with Crippen LogP contribution >= 0.6 is 0 Å². The first-order chi connectivity index (χ1) is 8.31. The van der Waals surface area contributed by atoms with E-state index in [-0.39, 0.29) is 16.6 Å². The second-order valence-electron chi connectivity index (χ2n) is 4.27. The number of nitrogens with zero attached hydrogens (tertiary/aromatic N) is 1. The molecule has 0 amide bonds. The molecule has 0 bridgehead atoms. The standard InChI is InChI=1S/C9H13N3O5S/c1-4-8(7(9(14)15)11-10-4)18(16,17)12-5-2-6(13)3-5/h5-6,12-13H,2-3H2,1H3,(H,10,11)(H,14,15). The van der Waals surface area contributed by atoms with E-state index < -0.39 is 27.8 Å². The summed E-state index contributed by atoms with van der Waals surface area (Å²) in [6.45, 7) is 1.43. The van der Waals surface area contributed by atoms with Gasteiger partial charge in [-0.1, -0.05) is 0 Å². The highest BCUT2D eigenvalue weighted by atomic mass is 32.2. The molecule has 0 radical (unpaired) electrons. The van der Waals surface area contributed by atoms with E-state index in [1.165, 1.54) is 6.92 Å². The van der Waals surface area contributed by atoms with Crippen LogP contribution in [0, 0.1) is 6.92 Å². The van der Waals surface area contributed by atoms with Crippen LogP contribution in [0.2, 0.25) is 0 Å². The molecule has 1 fully saturated rings. The molecule has 0 saturated heterocycles. The molecule has 1 aromatic rings. The van der Waals surface area contributed by atoms with Crippen LogP contribution < -0.4 is 4.72 Å². The third kappa shape index (κ3) is 2.24. The van der Waals surface area contributed by atoms with Crippen molar-refractivity contribution in [3.63, 3.8) is 0 Å². The van der Waals surface area contributed by atoms with Crippen LogP contribution in [0.15, 0.2) is 4.90 Å². The molecule has 8 nitrogen and oxygen atoms in total. The van der Waals surface area contributed by atoms with Crippen LogP contribution in [0.4, 0.5) is 0 Å². The summed E-state index contributed by atoms with van der Waals surface area (Å²) in [4.78, 5) is 10.5. The van der Waals surface area contributed by atoms with Gasteiger partial charge in [0.25, 0.3) is 0 Å². The van der Waals surface area contributed by atoms with Crippen molar-refractivity contribution in [3.8, 4) is 0 Å². The molecule has 2 rings (SSSR count). The van der Waals surface area contributed by atoms with E-state index in [2.05, 4.69) is 14.9 Å². The van der Waals surface area contributed by atoms with Crippen LogP contribution in [-0.2, 0) is 10.0 Å². The summed E-state index contributed by atoms with van der Waals surface area (Å²) < 4.78 is 26.4. The Bertz CT molecular complexity index is 573. The number of carbonyl (C=O) groups is 1. The Morgan fingerprint density at radius 1 is 1.50 bits per heavy atom. The van der Waals surface area contributed by atoms with Gasteiger partial charge in [0.15, 0.2) is 5.69 Å². The predicted octanol–water partition coefficient (Wildman–Crippen LogP) is -0.782. The summed E-state index contributed by atoms with van der Waals surface area (Å²) in [7, 11) is -3.94. The van der Waals surface area contributed by atoms with E-state index in [4.69, 9.17) is 10.2 Å². The predicted molar refractivity (Wildman–Crippen MR) is 59.6 cm³/mol. The number of carboxylic acids is 1. The molecule has 0 spiro atoms. The fourth-order valence-electron chi connectivity index (χ4n) is 1.86. The molecule has 0 unspecified atom stereocenters. The Morgan fingerprint density at radius 3 is 2.61 bits per heavy atom. The van der Waals surface area contributed by atoms with Gasteiger partial charge in [-0.05, 0) is 19.8 Å². The monoisotopic (exact) mass is 275 g/mol. The lowest BCUT2D eigenvalue weighted by molar-refractivity contribution is 0.0680. The second-order valence-corrected chi connectivity index (χ2v) is 5.93. The fraction of sp³-hybridized carbons (Fsp3) is 0.556. The maximum absolute atomic E-state index is 12.0. The molecule has 1 aliphatic carbocycles. The molecule has 18 heavy (non-hydrogen) atoms. The van der Waals surface area contributed by atoms with Crippen molar-refractivity contribution < 1.29 is 23.4 Å². The number of carboxylic acid groups (broad SMARTS) is 1. The summed E-state index contributed by atoms with van der Waals surface area (Å²) in [6.07, 6.45) is 0.166. The van der Waals surface area contributed by atoms with Crippen molar-refractivity contribution in [1.82, 2.24) is 14.9 Å². The van der Waals surface area contributed by atoms with Crippen molar-refractivity contribution in [3.05, 3.63) is 11.4 Å². The van der Waals surface area contributed by atoms with Crippen LogP contribution in [0.1, 0.15) is 29.0 Å². The maximum atomic E-state index is 12.0. The zero-order valence-corrected chi connectivity index (χ0v) is 10.4. The lowest BCUT2D eigenvalue weighted by atomic mass is 9.91. The highest BCUT2D eigenvalue weighted by molar-refractivity contribution is 7.89. The average Bonchev–Trinajstić information content (AvgIpc) is 2.58. The quantitative estimate of drug-likeness (QED) is 0.569. The van der Waals surface area contributed by atoms with Crippen molar-refractivity contribution in [1.29, 1.82) is 0 Å². The molecule has 1 heterocycles. The van der Waals surface area contributed by atoms with Crippen molar-refractivity contribution in [2.24, 2.45) is 0 Å². The molecular weight excluding hydrogens is 262 g/mol. The summed E-state index contributed by atoms with van der Waals surface area (Å²) in [5.41, 5.74) is -0.361. The number of H-pyrrole nitrogens is 1. The largest absolute Gasteiger partial charge is 0.476 e. The number of aliphatic hydroxyl groups is 1. The number of aromatic nitrogens is 2. The Labute approximate surface area is 103 Å². The van der Waals surface area contributed by atoms with Crippen molar-refractivity contribution in [2.75, 3.05) is 0 Å². The molecule has 0 aliphatic heterocycles. The van der Waals surface area contributed by atoms with E-state index in [1.807, 2.05) is 0 Å². The maximum Gasteiger partial charge on any atom is 0.357 e. The van der Waals surface area contributed by atoms with Gasteiger partial charge in [0, 0.05) is 6.04 Å². The number of sulfonamides is 1. The van der Waals surface area contributed by atoms with Gasteiger partial charge < -0.3 is 10.2 Å². The van der Waals surface area contributed by atoms with Crippen molar-refractivity contribution >= 4 is 16.0 Å². The number of nitrogens with one attached hydrogen (secondary N) is 2. The molecule has 1 aliphatic rings. The van der Waals surface area contributed by atoms with Gasteiger partial charge in [0.1, 0.15) is 4.90 Å². The number of aryl methyl sites for hydroxylation is 1. The molecule has 0 atom stereocenters. The normalized spacial score (nSPS) is 23.7. The minimum absolute atomic E-state index is 0.166. The zero-order chi connectivity index (χ0) is 13.5. The molecule has 9 heteroatoms. The smallest absolute Gasteiger partial charge is 0.357 e. The number of hydrogen-bond donors (Lipinski definition) is 4. The first kappa shape index (κ1) is 13.0. The summed E-state index contributed by atoms with van der Waals surface area (Å²) in [6, 6.07) is -0.360. The van der Waals surface area contributed by atoms with Gasteiger partial charge in [0.2, 0.25) is 10.0 Å². The minimum Gasteiger partial charge on any atom is -0.476 e. The molecule has 0 aromatic carbocycles. The van der Waals surface area contributed by atoms with E-state index in [0.717, 1.165) is 0 Å². The van der Waals surface area contributed by atoms with Crippen LogP contribution in [0.3, 0.4) is 0 Å². The number of hydrogen-bond acceptors (Lipinski definition) is 5. The van der Waals surface area contributed by atoms with E-state index in [1.54, 1.807) is 0 Å². The average molecular weight is 275 g/mol. The number of aromatic carboxylic acids is 1. The fourth-order valence-corrected chi connectivity index (χ4v) is 3.44. The van der Waals surface area contributed by atoms with Crippen LogP contribution in [0.25, 0.3) is 0 Å². The number of aromatic amines is 1. The Hall–Kier alpha value is -1.45. The second kappa shape index (κ2) is 4.34. The number of rotatable bonds is 4. The van der Waals surface area contributed by atoms with E-state index >= 15 is 0 Å². The SMILES string of the molecule is Cc1[nH]nc(C(=O)O)c1S(=O)(=O)NC1CC(O)C1. The third-order valence-electron chi connectivity index (χ3n) is 2.80. The molecular formula is C9H13N3O5S. The van der Waals surface area contributed by atoms with Gasteiger partial charge in [-0.2, -0.15) is 5.10 Å². The molecule has 1 aromatic heterocycles. The zero-order valence-electron chi connectivity index (χ0n) is 9.54. The molecule has 100 valence electrons. The summed E-state index contributed by atoms with van der Waals surface area (Å²) in [5.74, 6) is -1.41. The first-order valence-electron chi connectivity index (χ1n) is 5.30. The Morgan fingerprint density at radius 2 is 2.11 bits per heavy atom. The summed E-state index contributed by atoms with van der Waals surface area (Å²) in [5, 5.41) is 23.8. The van der Waals surface area contributed by atoms with Crippen LogP contribution in [0.5, 0.6) is 0 Å². The molecule has 4 N–H and O–H groups in total. The number of aliphatic hydroxyl groups excluding tert-OH is 1. The lowest BCUT2D eigenvalue weighted by Crippen LogP contribution is -2.46.